The number of Topliss-reactive ketones (excluding diaryl/α,β-unsaturated/α-hetero) is 1. The fourth-order valence-corrected chi connectivity index (χ4v) is 5.81. The van der Waals surface area contributed by atoms with Crippen LogP contribution in [-0.2, 0) is 0 Å². The molecule has 5 rings (SSSR count). The molecule has 1 aliphatic carbocycles. The van der Waals surface area contributed by atoms with Crippen molar-refractivity contribution in [2.45, 2.75) is 25.2 Å². The maximum atomic E-state index is 14.2. The van der Waals surface area contributed by atoms with Gasteiger partial charge >= 0.3 is 0 Å². The maximum Gasteiger partial charge on any atom is 0.171 e. The van der Waals surface area contributed by atoms with Crippen LogP contribution in [0.2, 0.25) is 0 Å². The van der Waals surface area contributed by atoms with E-state index in [-0.39, 0.29) is 51.4 Å². The third-order valence-corrected chi connectivity index (χ3v) is 7.75. The molecule has 4 aromatic carbocycles. The van der Waals surface area contributed by atoms with Gasteiger partial charge in [-0.3, -0.25) is 4.79 Å². The normalized spacial score (nSPS) is 18.4. The van der Waals surface area contributed by atoms with Gasteiger partial charge in [-0.1, -0.05) is 29.9 Å². The minimum Gasteiger partial charge on any atom is -0.508 e. The van der Waals surface area contributed by atoms with Crippen LogP contribution in [0.5, 0.6) is 46.0 Å². The average molecular weight is 583 g/mol. The van der Waals surface area contributed by atoms with Crippen LogP contribution in [0.25, 0.3) is 12.2 Å². The zero-order valence-corrected chi connectivity index (χ0v) is 23.0. The van der Waals surface area contributed by atoms with Crippen molar-refractivity contribution in [2.75, 3.05) is 0 Å². The van der Waals surface area contributed by atoms with E-state index >= 15 is 0 Å². The number of aromatic hydroxyl groups is 8. The van der Waals surface area contributed by atoms with E-state index in [0.29, 0.717) is 23.1 Å². The Kier molecular flexibility index (Phi) is 7.65. The Hall–Kier alpha value is -5.57. The third-order valence-electron chi connectivity index (χ3n) is 7.75. The van der Waals surface area contributed by atoms with Crippen LogP contribution in [0.1, 0.15) is 57.8 Å². The van der Waals surface area contributed by atoms with Gasteiger partial charge in [0.25, 0.3) is 0 Å². The van der Waals surface area contributed by atoms with Crippen molar-refractivity contribution in [3.63, 3.8) is 0 Å². The van der Waals surface area contributed by atoms with E-state index in [1.807, 2.05) is 6.92 Å². The Morgan fingerprint density at radius 2 is 1.26 bits per heavy atom. The molecule has 0 saturated heterocycles. The van der Waals surface area contributed by atoms with Crippen LogP contribution in [0.3, 0.4) is 0 Å². The summed E-state index contributed by atoms with van der Waals surface area (Å²) < 4.78 is 0. The fourth-order valence-electron chi connectivity index (χ4n) is 5.81. The number of hydrogen-bond donors (Lipinski definition) is 8. The van der Waals surface area contributed by atoms with Crippen molar-refractivity contribution < 1.29 is 45.6 Å². The van der Waals surface area contributed by atoms with Crippen LogP contribution in [-0.4, -0.2) is 46.6 Å². The number of allylic oxidation sites excluding steroid dienone is 2. The van der Waals surface area contributed by atoms with Crippen LogP contribution in [0.4, 0.5) is 0 Å². The second kappa shape index (κ2) is 11.4. The maximum absolute atomic E-state index is 14.2. The molecule has 0 radical (unpaired) electrons. The van der Waals surface area contributed by atoms with Gasteiger partial charge in [0, 0.05) is 47.1 Å². The summed E-state index contributed by atoms with van der Waals surface area (Å²) in [7, 11) is 0. The molecule has 3 atom stereocenters. The molecule has 0 heterocycles. The molecule has 1 aliphatic rings. The first-order valence-electron chi connectivity index (χ1n) is 13.4. The molecule has 0 saturated carbocycles. The molecule has 0 unspecified atom stereocenters. The van der Waals surface area contributed by atoms with Crippen LogP contribution >= 0.6 is 0 Å². The van der Waals surface area contributed by atoms with Gasteiger partial charge in [0.15, 0.2) is 5.78 Å². The SMILES string of the molecule is CC1=C[C@H](c2c(O)cc(C=Cc3ccc(O)cc3O)cc2O)[C@H](C(=O)c2ccc(O)cc2O)[C@@H](c2ccc(O)cc2O)C1. The highest BCUT2D eigenvalue weighted by atomic mass is 16.3. The number of carbonyl (C=O) groups is 1. The zero-order valence-electron chi connectivity index (χ0n) is 23.0. The van der Waals surface area contributed by atoms with Crippen molar-refractivity contribution in [1.29, 1.82) is 0 Å². The molecule has 43 heavy (non-hydrogen) atoms. The van der Waals surface area contributed by atoms with Gasteiger partial charge in [0.1, 0.15) is 46.0 Å². The number of phenols is 8. The smallest absolute Gasteiger partial charge is 0.171 e. The summed E-state index contributed by atoms with van der Waals surface area (Å²) in [6, 6.07) is 14.5. The Morgan fingerprint density at radius 3 is 1.86 bits per heavy atom. The lowest BCUT2D eigenvalue weighted by Crippen LogP contribution is -2.31. The lowest BCUT2D eigenvalue weighted by Gasteiger charge is -2.37. The summed E-state index contributed by atoms with van der Waals surface area (Å²) in [6.45, 7) is 1.82. The highest BCUT2D eigenvalue weighted by molar-refractivity contribution is 6.02. The van der Waals surface area contributed by atoms with E-state index < -0.39 is 29.3 Å². The summed E-state index contributed by atoms with van der Waals surface area (Å²) >= 11 is 0. The van der Waals surface area contributed by atoms with Crippen molar-refractivity contribution in [2.24, 2.45) is 5.92 Å². The standard InChI is InChI=1S/C34H30O9/c1-17-10-25(23-8-6-21(36)15-28(23)39)32(34(43)24-9-7-22(37)16-29(24)40)26(11-17)33-30(41)12-18(13-31(33)42)2-3-19-4-5-20(35)14-27(19)38/h2-9,11-16,25-26,32,35-42H,10H2,1H3/t25-,26+,32-/m1/s1. The molecule has 9 nitrogen and oxygen atoms in total. The first-order valence-corrected chi connectivity index (χ1v) is 13.4. The van der Waals surface area contributed by atoms with Gasteiger partial charge in [0.05, 0.1) is 5.56 Å². The Balaban J connectivity index is 1.62. The van der Waals surface area contributed by atoms with Gasteiger partial charge in [-0.05, 0) is 66.9 Å². The number of phenolic OH excluding ortho intramolecular Hbond substituents is 8. The molecular weight excluding hydrogens is 552 g/mol. The average Bonchev–Trinajstić information content (AvgIpc) is 2.91. The minimum atomic E-state index is -1.04. The van der Waals surface area contributed by atoms with Gasteiger partial charge in [-0.25, -0.2) is 0 Å². The van der Waals surface area contributed by atoms with Crippen molar-refractivity contribution in [1.82, 2.24) is 0 Å². The van der Waals surface area contributed by atoms with Crippen molar-refractivity contribution in [3.05, 3.63) is 106 Å². The lowest BCUT2D eigenvalue weighted by molar-refractivity contribution is 0.0876. The number of ketones is 1. The molecule has 8 N–H and O–H groups in total. The molecule has 0 bridgehead atoms. The van der Waals surface area contributed by atoms with E-state index in [4.69, 9.17) is 0 Å². The summed E-state index contributed by atoms with van der Waals surface area (Å²) in [6.07, 6.45) is 5.16. The van der Waals surface area contributed by atoms with E-state index in [1.54, 1.807) is 12.2 Å². The number of rotatable bonds is 6. The van der Waals surface area contributed by atoms with Crippen LogP contribution < -0.4 is 0 Å². The Morgan fingerprint density at radius 1 is 0.674 bits per heavy atom. The predicted molar refractivity (Wildman–Crippen MR) is 160 cm³/mol. The summed E-state index contributed by atoms with van der Waals surface area (Å²) in [5.41, 5.74) is 1.92. The number of carbonyl (C=O) groups excluding carboxylic acids is 1. The van der Waals surface area contributed by atoms with Crippen molar-refractivity contribution >= 4 is 17.9 Å². The largest absolute Gasteiger partial charge is 0.508 e. The fraction of sp³-hybridized carbons (Fsp3) is 0.147. The quantitative estimate of drug-likeness (QED) is 0.0744. The molecule has 0 amide bonds. The van der Waals surface area contributed by atoms with E-state index in [2.05, 4.69) is 0 Å². The van der Waals surface area contributed by atoms with Gasteiger partial charge in [-0.2, -0.15) is 0 Å². The molecule has 9 heteroatoms. The van der Waals surface area contributed by atoms with Gasteiger partial charge in [-0.15, -0.1) is 0 Å². The first-order chi connectivity index (χ1) is 20.4. The van der Waals surface area contributed by atoms with Crippen LogP contribution in [0, 0.1) is 5.92 Å². The summed E-state index contributed by atoms with van der Waals surface area (Å²) in [5.74, 6) is -5.17. The van der Waals surface area contributed by atoms with E-state index in [0.717, 1.165) is 11.6 Å². The molecule has 0 fully saturated rings. The van der Waals surface area contributed by atoms with Crippen molar-refractivity contribution in [3.8, 4) is 46.0 Å². The molecule has 4 aromatic rings. The summed E-state index contributed by atoms with van der Waals surface area (Å²) in [5, 5.41) is 83.1. The van der Waals surface area contributed by atoms with E-state index in [1.165, 1.54) is 66.7 Å². The number of hydrogen-bond acceptors (Lipinski definition) is 9. The highest BCUT2D eigenvalue weighted by Crippen LogP contribution is 2.52. The zero-order chi connectivity index (χ0) is 31.0. The molecule has 220 valence electrons. The van der Waals surface area contributed by atoms with Gasteiger partial charge in [0.2, 0.25) is 0 Å². The first kappa shape index (κ1) is 28.9. The molecule has 0 aromatic heterocycles. The second-order valence-corrected chi connectivity index (χ2v) is 10.7. The molecule has 0 spiro atoms. The summed E-state index contributed by atoms with van der Waals surface area (Å²) in [4.78, 5) is 14.2. The molecule has 0 aliphatic heterocycles. The molecular formula is C34H30O9. The van der Waals surface area contributed by atoms with E-state index in [9.17, 15) is 45.6 Å². The Bertz CT molecular complexity index is 1760. The third kappa shape index (κ3) is 5.78. The number of benzene rings is 4. The van der Waals surface area contributed by atoms with Gasteiger partial charge < -0.3 is 40.9 Å². The monoisotopic (exact) mass is 582 g/mol. The van der Waals surface area contributed by atoms with Crippen LogP contribution in [0.15, 0.2) is 78.4 Å². The Labute approximate surface area is 246 Å². The highest BCUT2D eigenvalue weighted by Gasteiger charge is 2.43. The lowest BCUT2D eigenvalue weighted by atomic mass is 9.65. The predicted octanol–water partition coefficient (Wildman–Crippen LogP) is 6.22. The second-order valence-electron chi connectivity index (χ2n) is 10.7. The minimum absolute atomic E-state index is 0.0589. The topological polar surface area (TPSA) is 179 Å².